The number of nitrogens with zero attached hydrogens (tertiary/aromatic N) is 3. The van der Waals surface area contributed by atoms with Crippen LogP contribution in [0, 0.1) is 6.92 Å². The van der Waals surface area contributed by atoms with Gasteiger partial charge >= 0.3 is 0 Å². The molecule has 1 aromatic rings. The molecule has 124 valence electrons. The maximum atomic E-state index is 12.3. The number of carbonyl (C=O) groups is 2. The van der Waals surface area contributed by atoms with Crippen LogP contribution in [0.25, 0.3) is 0 Å². The fourth-order valence-corrected chi connectivity index (χ4v) is 3.89. The molecular weight excluding hydrogens is 310 g/mol. The number of rotatable bonds is 4. The van der Waals surface area contributed by atoms with E-state index in [2.05, 4.69) is 36.1 Å². The van der Waals surface area contributed by atoms with E-state index >= 15 is 0 Å². The van der Waals surface area contributed by atoms with Crippen molar-refractivity contribution >= 4 is 23.6 Å². The molecule has 2 heterocycles. The minimum Gasteiger partial charge on any atom is -0.339 e. The molecule has 1 aromatic carbocycles. The summed E-state index contributed by atoms with van der Waals surface area (Å²) in [5, 5.41) is 0. The third kappa shape index (κ3) is 4.06. The Hall–Kier alpha value is -1.53. The van der Waals surface area contributed by atoms with Crippen LogP contribution in [0.4, 0.5) is 0 Å². The number of benzene rings is 1. The van der Waals surface area contributed by atoms with Gasteiger partial charge in [0, 0.05) is 32.7 Å². The number of hydrogen-bond acceptors (Lipinski definition) is 4. The summed E-state index contributed by atoms with van der Waals surface area (Å²) in [5.74, 6) is 1.33. The zero-order valence-electron chi connectivity index (χ0n) is 13.5. The van der Waals surface area contributed by atoms with Gasteiger partial charge < -0.3 is 9.80 Å². The van der Waals surface area contributed by atoms with Gasteiger partial charge in [-0.15, -0.1) is 11.8 Å². The van der Waals surface area contributed by atoms with Crippen LogP contribution in [0.5, 0.6) is 0 Å². The zero-order chi connectivity index (χ0) is 16.2. The first-order valence-corrected chi connectivity index (χ1v) is 9.19. The lowest BCUT2D eigenvalue weighted by Gasteiger charge is -2.35. The third-order valence-electron chi connectivity index (χ3n) is 4.53. The quantitative estimate of drug-likeness (QED) is 0.830. The van der Waals surface area contributed by atoms with Gasteiger partial charge in [0.2, 0.25) is 11.8 Å². The highest BCUT2D eigenvalue weighted by atomic mass is 32.2. The number of hydrogen-bond donors (Lipinski definition) is 0. The lowest BCUT2D eigenvalue weighted by atomic mass is 10.1. The monoisotopic (exact) mass is 333 g/mol. The van der Waals surface area contributed by atoms with Gasteiger partial charge in [-0.2, -0.15) is 0 Å². The Bertz CT molecular complexity index is 585. The fourth-order valence-electron chi connectivity index (χ4n) is 2.99. The second-order valence-electron chi connectivity index (χ2n) is 6.15. The van der Waals surface area contributed by atoms with Gasteiger partial charge in [-0.25, -0.2) is 0 Å². The predicted octanol–water partition coefficient (Wildman–Crippen LogP) is 1.17. The molecule has 0 aromatic heterocycles. The Balaban J connectivity index is 1.47. The van der Waals surface area contributed by atoms with E-state index < -0.39 is 0 Å². The van der Waals surface area contributed by atoms with Gasteiger partial charge in [-0.1, -0.05) is 24.3 Å². The molecule has 23 heavy (non-hydrogen) atoms. The average molecular weight is 333 g/mol. The predicted molar refractivity (Wildman–Crippen MR) is 92.1 cm³/mol. The Morgan fingerprint density at radius 2 is 1.91 bits per heavy atom. The molecule has 0 N–H and O–H groups in total. The molecule has 0 saturated carbocycles. The van der Waals surface area contributed by atoms with Crippen LogP contribution < -0.4 is 0 Å². The van der Waals surface area contributed by atoms with E-state index in [4.69, 9.17) is 0 Å². The van der Waals surface area contributed by atoms with E-state index in [9.17, 15) is 9.59 Å². The first-order chi connectivity index (χ1) is 11.1. The summed E-state index contributed by atoms with van der Waals surface area (Å²) in [6.45, 7) is 6.60. The van der Waals surface area contributed by atoms with Crippen LogP contribution in [0.15, 0.2) is 24.3 Å². The third-order valence-corrected chi connectivity index (χ3v) is 5.48. The molecule has 2 fully saturated rings. The van der Waals surface area contributed by atoms with Crippen molar-refractivity contribution in [2.75, 3.05) is 44.4 Å². The number of aryl methyl sites for hydroxylation is 1. The molecule has 2 amide bonds. The number of carbonyl (C=O) groups excluding carboxylic acids is 2. The summed E-state index contributed by atoms with van der Waals surface area (Å²) in [4.78, 5) is 29.9. The largest absolute Gasteiger partial charge is 0.339 e. The van der Waals surface area contributed by atoms with Gasteiger partial charge in [0.1, 0.15) is 6.54 Å². The van der Waals surface area contributed by atoms with E-state index in [0.717, 1.165) is 32.7 Å². The van der Waals surface area contributed by atoms with Crippen LogP contribution in [-0.4, -0.2) is 70.9 Å². The maximum Gasteiger partial charge on any atom is 0.242 e. The molecular formula is C17H23N3O2S. The van der Waals surface area contributed by atoms with Crippen LogP contribution in [-0.2, 0) is 16.1 Å². The molecule has 0 aliphatic carbocycles. The smallest absolute Gasteiger partial charge is 0.242 e. The van der Waals surface area contributed by atoms with Crippen molar-refractivity contribution in [1.82, 2.24) is 14.7 Å². The first kappa shape index (κ1) is 16.3. The van der Waals surface area contributed by atoms with Gasteiger partial charge in [0.15, 0.2) is 0 Å². The van der Waals surface area contributed by atoms with Crippen molar-refractivity contribution in [1.29, 1.82) is 0 Å². The molecule has 0 spiro atoms. The van der Waals surface area contributed by atoms with Gasteiger partial charge in [-0.05, 0) is 18.1 Å². The van der Waals surface area contributed by atoms with Crippen molar-refractivity contribution in [3.63, 3.8) is 0 Å². The van der Waals surface area contributed by atoms with Crippen molar-refractivity contribution in [3.05, 3.63) is 35.4 Å². The molecule has 5 nitrogen and oxygen atoms in total. The standard InChI is InChI=1S/C17H23N3O2S/c1-14-4-2-3-5-15(14)10-18-6-8-19(9-7-18)16(21)11-20-13-23-12-17(20)22/h2-5H,6-13H2,1H3. The lowest BCUT2D eigenvalue weighted by molar-refractivity contribution is -0.139. The highest BCUT2D eigenvalue weighted by molar-refractivity contribution is 8.00. The molecule has 2 aliphatic rings. The van der Waals surface area contributed by atoms with Crippen molar-refractivity contribution in [3.8, 4) is 0 Å². The van der Waals surface area contributed by atoms with Gasteiger partial charge in [-0.3, -0.25) is 14.5 Å². The Morgan fingerprint density at radius 1 is 1.17 bits per heavy atom. The average Bonchev–Trinajstić information content (AvgIpc) is 2.95. The van der Waals surface area contributed by atoms with Gasteiger partial charge in [0.25, 0.3) is 0 Å². The highest BCUT2D eigenvalue weighted by Crippen LogP contribution is 2.16. The van der Waals surface area contributed by atoms with E-state index in [1.54, 1.807) is 16.7 Å². The number of piperazine rings is 1. The van der Waals surface area contributed by atoms with Gasteiger partial charge in [0.05, 0.1) is 11.6 Å². The lowest BCUT2D eigenvalue weighted by Crippen LogP contribution is -2.51. The molecule has 0 unspecified atom stereocenters. The van der Waals surface area contributed by atoms with Crippen molar-refractivity contribution in [2.24, 2.45) is 0 Å². The van der Waals surface area contributed by atoms with Crippen LogP contribution in [0.1, 0.15) is 11.1 Å². The topological polar surface area (TPSA) is 43.9 Å². The summed E-state index contributed by atoms with van der Waals surface area (Å²) in [6, 6.07) is 8.45. The van der Waals surface area contributed by atoms with E-state index in [1.165, 1.54) is 11.1 Å². The molecule has 2 aliphatic heterocycles. The zero-order valence-corrected chi connectivity index (χ0v) is 14.3. The Labute approximate surface area is 141 Å². The highest BCUT2D eigenvalue weighted by Gasteiger charge is 2.27. The molecule has 0 radical (unpaired) electrons. The van der Waals surface area contributed by atoms with Crippen molar-refractivity contribution in [2.45, 2.75) is 13.5 Å². The molecule has 2 saturated heterocycles. The van der Waals surface area contributed by atoms with E-state index in [-0.39, 0.29) is 18.4 Å². The normalized spacial score (nSPS) is 19.4. The second-order valence-corrected chi connectivity index (χ2v) is 7.11. The van der Waals surface area contributed by atoms with E-state index in [1.807, 2.05) is 4.90 Å². The summed E-state index contributed by atoms with van der Waals surface area (Å²) >= 11 is 1.58. The number of thioether (sulfide) groups is 1. The molecule has 6 heteroatoms. The first-order valence-electron chi connectivity index (χ1n) is 8.03. The maximum absolute atomic E-state index is 12.3. The number of amides is 2. The van der Waals surface area contributed by atoms with E-state index in [0.29, 0.717) is 11.6 Å². The SMILES string of the molecule is Cc1ccccc1CN1CCN(C(=O)CN2CSCC2=O)CC1. The Kier molecular flexibility index (Phi) is 5.23. The fraction of sp³-hybridized carbons (Fsp3) is 0.529. The molecule has 0 atom stereocenters. The minimum atomic E-state index is 0.0800. The van der Waals surface area contributed by atoms with Crippen LogP contribution >= 0.6 is 11.8 Å². The van der Waals surface area contributed by atoms with Crippen molar-refractivity contribution < 1.29 is 9.59 Å². The van der Waals surface area contributed by atoms with Crippen LogP contribution in [0.3, 0.4) is 0 Å². The summed E-state index contributed by atoms with van der Waals surface area (Å²) < 4.78 is 0. The van der Waals surface area contributed by atoms with Crippen LogP contribution in [0.2, 0.25) is 0 Å². The molecule has 3 rings (SSSR count). The summed E-state index contributed by atoms with van der Waals surface area (Å²) in [7, 11) is 0. The molecule has 0 bridgehead atoms. The minimum absolute atomic E-state index is 0.0800. The second kappa shape index (κ2) is 7.36. The summed E-state index contributed by atoms with van der Waals surface area (Å²) in [5.41, 5.74) is 2.67. The Morgan fingerprint density at radius 3 is 2.57 bits per heavy atom. The summed E-state index contributed by atoms with van der Waals surface area (Å²) in [6.07, 6.45) is 0.